The number of carbonyl (C=O) groups is 2. The lowest BCUT2D eigenvalue weighted by Gasteiger charge is -2.31. The summed E-state index contributed by atoms with van der Waals surface area (Å²) in [5.41, 5.74) is 3.75. The first kappa shape index (κ1) is 29.7. The topological polar surface area (TPSA) is 107 Å². The predicted molar refractivity (Wildman–Crippen MR) is 168 cm³/mol. The van der Waals surface area contributed by atoms with Crippen molar-refractivity contribution in [3.63, 3.8) is 0 Å². The van der Waals surface area contributed by atoms with E-state index in [1.807, 2.05) is 59.7 Å². The van der Waals surface area contributed by atoms with Gasteiger partial charge in [0, 0.05) is 53.6 Å². The van der Waals surface area contributed by atoms with Gasteiger partial charge in [0.1, 0.15) is 5.01 Å². The number of anilines is 1. The molecule has 2 aromatic carbocycles. The number of amides is 2. The molecular weight excluding hydrogens is 562 g/mol. The quantitative estimate of drug-likeness (QED) is 0.342. The summed E-state index contributed by atoms with van der Waals surface area (Å²) in [4.78, 5) is 36.8. The van der Waals surface area contributed by atoms with Crippen molar-refractivity contribution in [2.45, 2.75) is 63.3 Å². The van der Waals surface area contributed by atoms with E-state index >= 15 is 0 Å². The van der Waals surface area contributed by atoms with Crippen molar-refractivity contribution in [3.8, 4) is 0 Å². The van der Waals surface area contributed by atoms with E-state index in [-0.39, 0.29) is 23.9 Å². The highest BCUT2D eigenvalue weighted by Crippen LogP contribution is 2.35. The van der Waals surface area contributed by atoms with Crippen LogP contribution >= 0.6 is 11.3 Å². The smallest absolute Gasteiger partial charge is 0.254 e. The first-order valence-electron chi connectivity index (χ1n) is 15.4. The zero-order valence-electron chi connectivity index (χ0n) is 24.7. The number of aliphatic hydroxyl groups is 1. The second-order valence-corrected chi connectivity index (χ2v) is 12.7. The van der Waals surface area contributed by atoms with Crippen LogP contribution in [0.1, 0.15) is 68.7 Å². The van der Waals surface area contributed by atoms with Gasteiger partial charge in [0.2, 0.25) is 0 Å². The molecule has 0 saturated carbocycles. The van der Waals surface area contributed by atoms with E-state index < -0.39 is 12.1 Å². The number of nitrogens with zero attached hydrogens (tertiary/aromatic N) is 3. The Bertz CT molecular complexity index is 1400. The third-order valence-electron chi connectivity index (χ3n) is 8.78. The number of aliphatic hydroxyl groups excluding tert-OH is 1. The summed E-state index contributed by atoms with van der Waals surface area (Å²) >= 11 is 1.60. The van der Waals surface area contributed by atoms with Crippen molar-refractivity contribution in [3.05, 3.63) is 81.3 Å². The molecule has 3 aliphatic heterocycles. The SMILES string of the molecule is Cc1csc(C2CCCN2C(=O)c2cc(C(=O)N[C@@H](Cc3ccccc3)[C@H](O)C3CCCN3)cc(N3CCOCC3)c2)n1. The minimum absolute atomic E-state index is 0.0557. The zero-order chi connectivity index (χ0) is 29.8. The normalized spacial score (nSPS) is 22.0. The Hall–Kier alpha value is -3.31. The van der Waals surface area contributed by atoms with Crippen LogP contribution < -0.4 is 15.5 Å². The number of hydrogen-bond donors (Lipinski definition) is 3. The standard InChI is InChI=1S/C33H41N5O4S/c1-22-21-43-32(35-22)29-10-6-12-38(29)33(41)25-18-24(19-26(20-25)37-13-15-42-16-14-37)31(40)36-28(17-23-7-3-2-4-8-23)30(39)27-9-5-11-34-27/h2-4,7-8,18-21,27-30,34,39H,5-6,9-17H2,1H3,(H,36,40)/t27?,28-,29?,30+/m0/s1. The van der Waals surface area contributed by atoms with Crippen LogP contribution in [0.25, 0.3) is 0 Å². The van der Waals surface area contributed by atoms with Gasteiger partial charge in [-0.3, -0.25) is 9.59 Å². The number of hydrogen-bond acceptors (Lipinski definition) is 8. The lowest BCUT2D eigenvalue weighted by molar-refractivity contribution is 0.0733. The molecule has 0 aliphatic carbocycles. The Morgan fingerprint density at radius 2 is 1.88 bits per heavy atom. The maximum Gasteiger partial charge on any atom is 0.254 e. The van der Waals surface area contributed by atoms with E-state index in [0.717, 1.165) is 54.2 Å². The van der Waals surface area contributed by atoms with E-state index in [4.69, 9.17) is 4.74 Å². The zero-order valence-corrected chi connectivity index (χ0v) is 25.5. The number of carbonyl (C=O) groups excluding carboxylic acids is 2. The molecule has 228 valence electrons. The molecule has 0 bridgehead atoms. The van der Waals surface area contributed by atoms with Crippen LogP contribution in [0.3, 0.4) is 0 Å². The second-order valence-electron chi connectivity index (χ2n) is 11.8. The molecule has 3 fully saturated rings. The van der Waals surface area contributed by atoms with Crippen LogP contribution in [0, 0.1) is 6.92 Å². The van der Waals surface area contributed by atoms with E-state index in [1.54, 1.807) is 17.4 Å². The highest BCUT2D eigenvalue weighted by Gasteiger charge is 2.34. The number of rotatable bonds is 9. The summed E-state index contributed by atoms with van der Waals surface area (Å²) in [5, 5.41) is 20.9. The lowest BCUT2D eigenvalue weighted by atomic mass is 9.95. The highest BCUT2D eigenvalue weighted by atomic mass is 32.1. The fraction of sp³-hybridized carbons (Fsp3) is 0.485. The van der Waals surface area contributed by atoms with E-state index in [0.29, 0.717) is 50.4 Å². The maximum absolute atomic E-state index is 14.1. The molecule has 3 N–H and O–H groups in total. The molecule has 9 nitrogen and oxygen atoms in total. The van der Waals surface area contributed by atoms with Gasteiger partial charge in [-0.05, 0) is 69.3 Å². The number of nitrogens with one attached hydrogen (secondary N) is 2. The number of morpholine rings is 1. The van der Waals surface area contributed by atoms with Gasteiger partial charge in [-0.1, -0.05) is 30.3 Å². The fourth-order valence-corrected chi connectivity index (χ4v) is 7.43. The number of ether oxygens (including phenoxy) is 1. The molecule has 10 heteroatoms. The van der Waals surface area contributed by atoms with Crippen molar-refractivity contribution in [1.82, 2.24) is 20.5 Å². The number of likely N-dealkylation sites (tertiary alicyclic amines) is 1. The van der Waals surface area contributed by atoms with Gasteiger partial charge in [-0.2, -0.15) is 0 Å². The van der Waals surface area contributed by atoms with E-state index in [1.165, 1.54) is 0 Å². The molecule has 1 aromatic heterocycles. The largest absolute Gasteiger partial charge is 0.389 e. The minimum atomic E-state index is -0.748. The third-order valence-corrected chi connectivity index (χ3v) is 9.84. The van der Waals surface area contributed by atoms with Crippen LogP contribution in [0.5, 0.6) is 0 Å². The molecule has 0 radical (unpaired) electrons. The second kappa shape index (κ2) is 13.5. The molecule has 3 saturated heterocycles. The van der Waals surface area contributed by atoms with Crippen LogP contribution in [-0.2, 0) is 11.2 Å². The Morgan fingerprint density at radius 1 is 1.09 bits per heavy atom. The van der Waals surface area contributed by atoms with Crippen LogP contribution in [0.4, 0.5) is 5.69 Å². The van der Waals surface area contributed by atoms with Gasteiger partial charge in [-0.15, -0.1) is 11.3 Å². The summed E-state index contributed by atoms with van der Waals surface area (Å²) in [6, 6.07) is 14.8. The summed E-state index contributed by atoms with van der Waals surface area (Å²) in [6.45, 7) is 6.05. The van der Waals surface area contributed by atoms with Gasteiger partial charge in [0.05, 0.1) is 31.4 Å². The van der Waals surface area contributed by atoms with Gasteiger partial charge in [0.15, 0.2) is 0 Å². The van der Waals surface area contributed by atoms with E-state index in [2.05, 4.69) is 20.5 Å². The number of benzene rings is 2. The van der Waals surface area contributed by atoms with Crippen molar-refractivity contribution in [2.75, 3.05) is 44.3 Å². The van der Waals surface area contributed by atoms with Crippen LogP contribution in [0.15, 0.2) is 53.9 Å². The van der Waals surface area contributed by atoms with Gasteiger partial charge >= 0.3 is 0 Å². The summed E-state index contributed by atoms with van der Waals surface area (Å²) < 4.78 is 5.57. The summed E-state index contributed by atoms with van der Waals surface area (Å²) in [5.74, 6) is -0.383. The molecule has 2 unspecified atom stereocenters. The average Bonchev–Trinajstić information content (AvgIpc) is 3.83. The molecular formula is C33H41N5O4S. The van der Waals surface area contributed by atoms with Crippen LogP contribution in [-0.4, -0.2) is 84.4 Å². The fourth-order valence-electron chi connectivity index (χ4n) is 6.49. The Balaban J connectivity index is 1.29. The number of aromatic nitrogens is 1. The summed E-state index contributed by atoms with van der Waals surface area (Å²) in [7, 11) is 0. The first-order chi connectivity index (χ1) is 21.0. The lowest BCUT2D eigenvalue weighted by Crippen LogP contribution is -2.52. The highest BCUT2D eigenvalue weighted by molar-refractivity contribution is 7.09. The van der Waals surface area contributed by atoms with Gasteiger partial charge in [-0.25, -0.2) is 4.98 Å². The maximum atomic E-state index is 14.1. The summed E-state index contributed by atoms with van der Waals surface area (Å²) in [6.07, 6.45) is 3.41. The number of aryl methyl sites for hydroxylation is 1. The van der Waals surface area contributed by atoms with Gasteiger partial charge < -0.3 is 30.3 Å². The minimum Gasteiger partial charge on any atom is -0.389 e. The van der Waals surface area contributed by atoms with Crippen molar-refractivity contribution in [2.24, 2.45) is 0 Å². The molecule has 0 spiro atoms. The monoisotopic (exact) mass is 603 g/mol. The average molecular weight is 604 g/mol. The predicted octanol–water partition coefficient (Wildman–Crippen LogP) is 3.72. The first-order valence-corrected chi connectivity index (χ1v) is 16.3. The molecule has 3 aromatic rings. The molecule has 6 rings (SSSR count). The van der Waals surface area contributed by atoms with Crippen LogP contribution in [0.2, 0.25) is 0 Å². The van der Waals surface area contributed by atoms with Crippen molar-refractivity contribution < 1.29 is 19.4 Å². The molecule has 43 heavy (non-hydrogen) atoms. The molecule has 4 atom stereocenters. The Labute approximate surface area is 257 Å². The third kappa shape index (κ3) is 6.93. The molecule has 3 aliphatic rings. The molecule has 2 amide bonds. The van der Waals surface area contributed by atoms with Crippen molar-refractivity contribution in [1.29, 1.82) is 0 Å². The number of thiazole rings is 1. The Morgan fingerprint density at radius 3 is 2.60 bits per heavy atom. The van der Waals surface area contributed by atoms with E-state index in [9.17, 15) is 14.7 Å². The van der Waals surface area contributed by atoms with Gasteiger partial charge in [0.25, 0.3) is 11.8 Å². The Kier molecular flexibility index (Phi) is 9.37. The van der Waals surface area contributed by atoms with Crippen molar-refractivity contribution >= 4 is 28.8 Å². The molecule has 4 heterocycles.